The van der Waals surface area contributed by atoms with Gasteiger partial charge in [-0.3, -0.25) is 19.2 Å². The predicted octanol–water partition coefficient (Wildman–Crippen LogP) is 1.03. The summed E-state index contributed by atoms with van der Waals surface area (Å²) in [6, 6.07) is 6.06. The van der Waals surface area contributed by atoms with Crippen LogP contribution in [0.1, 0.15) is 33.3 Å². The summed E-state index contributed by atoms with van der Waals surface area (Å²) >= 11 is 0. The Bertz CT molecular complexity index is 808. The van der Waals surface area contributed by atoms with E-state index in [9.17, 15) is 19.2 Å². The minimum absolute atomic E-state index is 0.286. The third-order valence-electron chi connectivity index (χ3n) is 4.34. The molecule has 170 valence electrons. The second kappa shape index (κ2) is 10.8. The van der Waals surface area contributed by atoms with E-state index in [4.69, 9.17) is 23.7 Å². The van der Waals surface area contributed by atoms with Crippen molar-refractivity contribution < 1.29 is 42.9 Å². The molecule has 1 N–H and O–H groups in total. The molecular weight excluding hydrogens is 410 g/mol. The molecule has 2 rings (SSSR count). The van der Waals surface area contributed by atoms with Crippen molar-refractivity contribution in [2.75, 3.05) is 6.61 Å². The lowest BCUT2D eigenvalue weighted by molar-refractivity contribution is -0.257. The van der Waals surface area contributed by atoms with E-state index in [0.717, 1.165) is 5.56 Å². The van der Waals surface area contributed by atoms with Gasteiger partial charge in [-0.05, 0) is 19.1 Å². The molecule has 0 aromatic heterocycles. The second-order valence-electron chi connectivity index (χ2n) is 7.15. The normalized spacial score (nSPS) is 25.1. The Morgan fingerprint density at radius 3 is 2.00 bits per heavy atom. The molecule has 1 aliphatic rings. The van der Waals surface area contributed by atoms with Crippen LogP contribution >= 0.6 is 0 Å². The van der Waals surface area contributed by atoms with E-state index in [1.165, 1.54) is 27.7 Å². The maximum absolute atomic E-state index is 11.9. The highest BCUT2D eigenvalue weighted by Crippen LogP contribution is 2.29. The Morgan fingerprint density at radius 2 is 1.48 bits per heavy atom. The summed E-state index contributed by atoms with van der Waals surface area (Å²) in [6.45, 7) is 6.48. The first kappa shape index (κ1) is 24.1. The van der Waals surface area contributed by atoms with Crippen molar-refractivity contribution in [1.29, 1.82) is 0 Å². The molecule has 0 radical (unpaired) electrons. The smallest absolute Gasteiger partial charge is 0.303 e. The Kier molecular flexibility index (Phi) is 8.38. The number of aryl methyl sites for hydroxylation is 1. The van der Waals surface area contributed by atoms with Crippen molar-refractivity contribution in [2.24, 2.45) is 0 Å². The summed E-state index contributed by atoms with van der Waals surface area (Å²) in [7, 11) is 0. The SMILES string of the molecule is CC(=O)N[C@@H]1[C@H](Oc2ccc(C)cc2)O[C@H](COC(C)=O)[C@@H](OC(C)=O)[C@H]1OC(C)=O. The van der Waals surface area contributed by atoms with Crippen LogP contribution < -0.4 is 10.1 Å². The molecule has 0 spiro atoms. The lowest BCUT2D eigenvalue weighted by atomic mass is 9.96. The Hall–Kier alpha value is -3.14. The van der Waals surface area contributed by atoms with E-state index in [1.807, 2.05) is 19.1 Å². The largest absolute Gasteiger partial charge is 0.463 e. The lowest BCUT2D eigenvalue weighted by Crippen LogP contribution is -2.67. The van der Waals surface area contributed by atoms with E-state index < -0.39 is 54.5 Å². The van der Waals surface area contributed by atoms with Crippen molar-refractivity contribution in [2.45, 2.75) is 65.3 Å². The molecule has 31 heavy (non-hydrogen) atoms. The van der Waals surface area contributed by atoms with E-state index in [0.29, 0.717) is 5.75 Å². The van der Waals surface area contributed by atoms with Gasteiger partial charge in [-0.2, -0.15) is 0 Å². The highest BCUT2D eigenvalue weighted by Gasteiger charge is 2.51. The van der Waals surface area contributed by atoms with Gasteiger partial charge in [0.25, 0.3) is 0 Å². The van der Waals surface area contributed by atoms with Crippen LogP contribution in [0.15, 0.2) is 24.3 Å². The van der Waals surface area contributed by atoms with Crippen LogP contribution in [0.2, 0.25) is 0 Å². The first-order chi connectivity index (χ1) is 14.6. The fraction of sp³-hybridized carbons (Fsp3) is 0.524. The van der Waals surface area contributed by atoms with E-state index >= 15 is 0 Å². The topological polar surface area (TPSA) is 126 Å². The van der Waals surface area contributed by atoms with Crippen LogP contribution in [0.5, 0.6) is 5.75 Å². The molecule has 1 aromatic rings. The van der Waals surface area contributed by atoms with Gasteiger partial charge in [0, 0.05) is 27.7 Å². The Balaban J connectivity index is 2.43. The monoisotopic (exact) mass is 437 g/mol. The minimum Gasteiger partial charge on any atom is -0.463 e. The van der Waals surface area contributed by atoms with Gasteiger partial charge < -0.3 is 29.0 Å². The number of carbonyl (C=O) groups is 4. The number of esters is 3. The van der Waals surface area contributed by atoms with Crippen molar-refractivity contribution in [1.82, 2.24) is 5.32 Å². The molecule has 10 nitrogen and oxygen atoms in total. The predicted molar refractivity (Wildman–Crippen MR) is 106 cm³/mol. The van der Waals surface area contributed by atoms with Gasteiger partial charge in [-0.1, -0.05) is 17.7 Å². The van der Waals surface area contributed by atoms with Gasteiger partial charge in [-0.25, -0.2) is 0 Å². The number of hydrogen-bond acceptors (Lipinski definition) is 9. The van der Waals surface area contributed by atoms with Gasteiger partial charge in [-0.15, -0.1) is 0 Å². The fourth-order valence-corrected chi connectivity index (χ4v) is 3.14. The number of benzene rings is 1. The number of amides is 1. The summed E-state index contributed by atoms with van der Waals surface area (Å²) in [6.07, 6.45) is -4.47. The first-order valence-electron chi connectivity index (χ1n) is 9.70. The van der Waals surface area contributed by atoms with Crippen LogP contribution in [0.3, 0.4) is 0 Å². The highest BCUT2D eigenvalue weighted by molar-refractivity contribution is 5.73. The third kappa shape index (κ3) is 7.25. The maximum Gasteiger partial charge on any atom is 0.303 e. The van der Waals surface area contributed by atoms with Crippen LogP contribution in [0.25, 0.3) is 0 Å². The molecule has 10 heteroatoms. The quantitative estimate of drug-likeness (QED) is 0.491. The summed E-state index contributed by atoms with van der Waals surface area (Å²) in [5.74, 6) is -1.92. The lowest BCUT2D eigenvalue weighted by Gasteiger charge is -2.44. The average molecular weight is 437 g/mol. The zero-order valence-electron chi connectivity index (χ0n) is 18.1. The summed E-state index contributed by atoms with van der Waals surface area (Å²) in [5.41, 5.74) is 1.01. The molecule has 0 saturated carbocycles. The number of carbonyl (C=O) groups excluding carboxylic acids is 4. The minimum atomic E-state index is -1.16. The number of ether oxygens (including phenoxy) is 5. The molecule has 1 fully saturated rings. The van der Waals surface area contributed by atoms with Crippen LogP contribution in [0.4, 0.5) is 0 Å². The van der Waals surface area contributed by atoms with E-state index in [2.05, 4.69) is 5.32 Å². The van der Waals surface area contributed by atoms with Crippen molar-refractivity contribution in [3.63, 3.8) is 0 Å². The molecule has 1 saturated heterocycles. The highest BCUT2D eigenvalue weighted by atomic mass is 16.7. The van der Waals surface area contributed by atoms with Gasteiger partial charge in [0.1, 0.15) is 24.5 Å². The van der Waals surface area contributed by atoms with E-state index in [-0.39, 0.29) is 6.61 Å². The molecular formula is C21H27NO9. The van der Waals surface area contributed by atoms with Gasteiger partial charge >= 0.3 is 17.9 Å². The van der Waals surface area contributed by atoms with Crippen LogP contribution in [-0.4, -0.2) is 61.1 Å². The van der Waals surface area contributed by atoms with Gasteiger partial charge in [0.2, 0.25) is 12.2 Å². The molecule has 0 unspecified atom stereocenters. The number of hydrogen-bond donors (Lipinski definition) is 1. The molecule has 1 amide bonds. The summed E-state index contributed by atoms with van der Waals surface area (Å²) < 4.78 is 27.6. The van der Waals surface area contributed by atoms with Crippen molar-refractivity contribution >= 4 is 23.8 Å². The summed E-state index contributed by atoms with van der Waals surface area (Å²) in [5, 5.41) is 2.64. The zero-order chi connectivity index (χ0) is 23.1. The molecule has 0 bridgehead atoms. The summed E-state index contributed by atoms with van der Waals surface area (Å²) in [4.78, 5) is 46.7. The van der Waals surface area contributed by atoms with E-state index in [1.54, 1.807) is 12.1 Å². The third-order valence-corrected chi connectivity index (χ3v) is 4.34. The molecule has 0 aliphatic carbocycles. The fourth-order valence-electron chi connectivity index (χ4n) is 3.14. The van der Waals surface area contributed by atoms with Crippen LogP contribution in [-0.2, 0) is 38.1 Å². The number of nitrogens with one attached hydrogen (secondary N) is 1. The van der Waals surface area contributed by atoms with Gasteiger partial charge in [0.15, 0.2) is 12.2 Å². The van der Waals surface area contributed by atoms with Crippen molar-refractivity contribution in [3.8, 4) is 5.75 Å². The standard InChI is InChI=1S/C21H27NO9/c1-11-6-8-16(9-7-11)30-21-18(22-12(2)23)20(29-15(5)26)19(28-14(4)25)17(31-21)10-27-13(3)24/h6-9,17-21H,10H2,1-5H3,(H,22,23)/t17-,18+,19-,20+,21-/m1/s1. The maximum atomic E-state index is 11.9. The molecule has 1 aromatic carbocycles. The number of rotatable bonds is 7. The Labute approximate surface area is 180 Å². The molecule has 1 aliphatic heterocycles. The second-order valence-corrected chi connectivity index (χ2v) is 7.15. The Morgan fingerprint density at radius 1 is 0.903 bits per heavy atom. The van der Waals surface area contributed by atoms with Crippen molar-refractivity contribution in [3.05, 3.63) is 29.8 Å². The zero-order valence-corrected chi connectivity index (χ0v) is 18.1. The molecule has 1 heterocycles. The molecule has 5 atom stereocenters. The van der Waals surface area contributed by atoms with Gasteiger partial charge in [0.05, 0.1) is 0 Å². The average Bonchev–Trinajstić information content (AvgIpc) is 2.65. The van der Waals surface area contributed by atoms with Crippen LogP contribution in [0, 0.1) is 6.92 Å². The first-order valence-corrected chi connectivity index (χ1v) is 9.70.